The zero-order chi connectivity index (χ0) is 18.6. The maximum Gasteiger partial charge on any atom is 0.249 e. The molecule has 0 spiro atoms. The number of hydrogen-bond donors (Lipinski definition) is 1. The third kappa shape index (κ3) is 3.89. The number of benzene rings is 1. The molecule has 1 fully saturated rings. The van der Waals surface area contributed by atoms with Gasteiger partial charge in [-0.3, -0.25) is 0 Å². The van der Waals surface area contributed by atoms with Crippen molar-refractivity contribution in [3.63, 3.8) is 0 Å². The first-order valence-electron chi connectivity index (χ1n) is 8.38. The minimum absolute atomic E-state index is 0.215. The van der Waals surface area contributed by atoms with Crippen LogP contribution < -0.4 is 15.1 Å². The van der Waals surface area contributed by atoms with Crippen LogP contribution in [0.2, 0.25) is 0 Å². The molecule has 1 aromatic carbocycles. The zero-order valence-electron chi connectivity index (χ0n) is 14.3. The van der Waals surface area contributed by atoms with E-state index in [1.807, 2.05) is 0 Å². The Morgan fingerprint density at radius 1 is 0.926 bits per heavy atom. The molecular formula is C17H16F2N8. The van der Waals surface area contributed by atoms with E-state index in [0.717, 1.165) is 38.3 Å². The number of nitrogens with zero attached hydrogens (tertiary/aromatic N) is 7. The van der Waals surface area contributed by atoms with E-state index in [9.17, 15) is 8.78 Å². The van der Waals surface area contributed by atoms with Crippen molar-refractivity contribution in [3.05, 3.63) is 54.5 Å². The molecule has 1 aliphatic heterocycles. The average Bonchev–Trinajstić information content (AvgIpc) is 2.72. The van der Waals surface area contributed by atoms with Gasteiger partial charge in [0.05, 0.1) is 6.20 Å². The largest absolute Gasteiger partial charge is 0.352 e. The Bertz CT molecular complexity index is 916. The molecule has 0 amide bonds. The van der Waals surface area contributed by atoms with Crippen LogP contribution in [-0.4, -0.2) is 51.3 Å². The number of nitrogens with one attached hydrogen (secondary N) is 1. The quantitative estimate of drug-likeness (QED) is 0.747. The predicted octanol–water partition coefficient (Wildman–Crippen LogP) is 2.01. The Kier molecular flexibility index (Phi) is 4.69. The summed E-state index contributed by atoms with van der Waals surface area (Å²) >= 11 is 0. The van der Waals surface area contributed by atoms with Gasteiger partial charge in [0.15, 0.2) is 17.5 Å². The fourth-order valence-corrected chi connectivity index (χ4v) is 2.79. The second kappa shape index (κ2) is 7.44. The van der Waals surface area contributed by atoms with Gasteiger partial charge in [0, 0.05) is 50.3 Å². The molecule has 0 unspecified atom stereocenters. The van der Waals surface area contributed by atoms with Gasteiger partial charge in [0.1, 0.15) is 0 Å². The third-order valence-electron chi connectivity index (χ3n) is 4.16. The van der Waals surface area contributed by atoms with Crippen molar-refractivity contribution in [2.75, 3.05) is 41.3 Å². The normalized spacial score (nSPS) is 14.3. The highest BCUT2D eigenvalue weighted by Crippen LogP contribution is 2.19. The van der Waals surface area contributed by atoms with Crippen LogP contribution in [0, 0.1) is 11.6 Å². The van der Waals surface area contributed by atoms with Crippen LogP contribution in [0.5, 0.6) is 0 Å². The summed E-state index contributed by atoms with van der Waals surface area (Å²) in [5, 5.41) is 10.7. The molecule has 0 radical (unpaired) electrons. The van der Waals surface area contributed by atoms with Crippen molar-refractivity contribution >= 4 is 23.4 Å². The first-order valence-corrected chi connectivity index (χ1v) is 8.38. The van der Waals surface area contributed by atoms with Gasteiger partial charge in [0.25, 0.3) is 0 Å². The summed E-state index contributed by atoms with van der Waals surface area (Å²) in [6.45, 7) is 2.95. The highest BCUT2D eigenvalue weighted by molar-refractivity contribution is 5.54. The summed E-state index contributed by atoms with van der Waals surface area (Å²) in [6.07, 6.45) is 5.02. The van der Waals surface area contributed by atoms with Crippen molar-refractivity contribution in [3.8, 4) is 0 Å². The molecule has 138 valence electrons. The number of hydrogen-bond acceptors (Lipinski definition) is 8. The molecule has 2 aromatic heterocycles. The second-order valence-electron chi connectivity index (χ2n) is 5.91. The molecule has 1 N–H and O–H groups in total. The molecule has 10 heteroatoms. The molecule has 27 heavy (non-hydrogen) atoms. The lowest BCUT2D eigenvalue weighted by Gasteiger charge is -2.35. The van der Waals surface area contributed by atoms with E-state index in [4.69, 9.17) is 0 Å². The van der Waals surface area contributed by atoms with Gasteiger partial charge in [-0.1, -0.05) is 0 Å². The van der Waals surface area contributed by atoms with Gasteiger partial charge >= 0.3 is 0 Å². The van der Waals surface area contributed by atoms with E-state index >= 15 is 0 Å². The molecule has 1 saturated heterocycles. The Balaban J connectivity index is 1.43. The minimum atomic E-state index is -0.941. The van der Waals surface area contributed by atoms with Crippen molar-refractivity contribution in [2.45, 2.75) is 0 Å². The van der Waals surface area contributed by atoms with Gasteiger partial charge in [0.2, 0.25) is 11.9 Å². The van der Waals surface area contributed by atoms with Crippen molar-refractivity contribution in [1.29, 1.82) is 0 Å². The van der Waals surface area contributed by atoms with E-state index < -0.39 is 11.6 Å². The Morgan fingerprint density at radius 2 is 1.67 bits per heavy atom. The Hall–Kier alpha value is -3.43. The van der Waals surface area contributed by atoms with Crippen LogP contribution in [0.15, 0.2) is 42.9 Å². The monoisotopic (exact) mass is 370 g/mol. The van der Waals surface area contributed by atoms with Gasteiger partial charge in [-0.15, -0.1) is 5.10 Å². The standard InChI is InChI=1S/C17H16F2N8/c18-13-3-2-12(10-14(13)19)23-16-24-15(11-22-25-16)26-6-8-27(9-7-26)17-20-4-1-5-21-17/h1-5,10-11H,6-9H2,(H,23,24,25). The molecule has 0 aliphatic carbocycles. The fraction of sp³-hybridized carbons (Fsp3) is 0.235. The molecular weight excluding hydrogens is 354 g/mol. The highest BCUT2D eigenvalue weighted by Gasteiger charge is 2.20. The number of halogens is 2. The second-order valence-corrected chi connectivity index (χ2v) is 5.91. The summed E-state index contributed by atoms with van der Waals surface area (Å²) in [5.41, 5.74) is 0.346. The molecule has 1 aliphatic rings. The average molecular weight is 370 g/mol. The third-order valence-corrected chi connectivity index (χ3v) is 4.16. The van der Waals surface area contributed by atoms with Crippen LogP contribution in [-0.2, 0) is 0 Å². The van der Waals surface area contributed by atoms with Crippen LogP contribution >= 0.6 is 0 Å². The summed E-state index contributed by atoms with van der Waals surface area (Å²) in [7, 11) is 0. The summed E-state index contributed by atoms with van der Waals surface area (Å²) in [6, 6.07) is 5.28. The Labute approximate surface area is 153 Å². The van der Waals surface area contributed by atoms with Crippen LogP contribution in [0.4, 0.5) is 32.2 Å². The minimum Gasteiger partial charge on any atom is -0.352 e. The maximum atomic E-state index is 13.3. The number of rotatable bonds is 4. The van der Waals surface area contributed by atoms with Crippen molar-refractivity contribution in [1.82, 2.24) is 25.1 Å². The topological polar surface area (TPSA) is 83.0 Å². The summed E-state index contributed by atoms with van der Waals surface area (Å²) in [4.78, 5) is 17.1. The van der Waals surface area contributed by atoms with Crippen molar-refractivity contribution < 1.29 is 8.78 Å². The smallest absolute Gasteiger partial charge is 0.249 e. The SMILES string of the molecule is Fc1ccc(Nc2nncc(N3CCN(c4ncccn4)CC3)n2)cc1F. The van der Waals surface area contributed by atoms with Crippen LogP contribution in [0.3, 0.4) is 0 Å². The van der Waals surface area contributed by atoms with Gasteiger partial charge in [-0.2, -0.15) is 10.1 Å². The van der Waals surface area contributed by atoms with E-state index in [1.54, 1.807) is 24.7 Å². The molecule has 3 aromatic rings. The predicted molar refractivity (Wildman–Crippen MR) is 95.9 cm³/mol. The number of piperazine rings is 1. The maximum absolute atomic E-state index is 13.3. The molecule has 0 saturated carbocycles. The van der Waals surface area contributed by atoms with E-state index in [-0.39, 0.29) is 5.95 Å². The van der Waals surface area contributed by atoms with Gasteiger partial charge in [-0.25, -0.2) is 18.7 Å². The van der Waals surface area contributed by atoms with E-state index in [1.165, 1.54) is 6.07 Å². The first kappa shape index (κ1) is 17.0. The van der Waals surface area contributed by atoms with E-state index in [2.05, 4.69) is 40.3 Å². The van der Waals surface area contributed by atoms with E-state index in [0.29, 0.717) is 17.5 Å². The van der Waals surface area contributed by atoms with Crippen LogP contribution in [0.1, 0.15) is 0 Å². The lowest BCUT2D eigenvalue weighted by Crippen LogP contribution is -2.47. The lowest BCUT2D eigenvalue weighted by atomic mass is 10.3. The fourth-order valence-electron chi connectivity index (χ4n) is 2.79. The number of aromatic nitrogens is 5. The van der Waals surface area contributed by atoms with Crippen LogP contribution in [0.25, 0.3) is 0 Å². The molecule has 0 atom stereocenters. The molecule has 3 heterocycles. The molecule has 4 rings (SSSR count). The number of anilines is 4. The summed E-state index contributed by atoms with van der Waals surface area (Å²) in [5.74, 6) is -0.272. The van der Waals surface area contributed by atoms with Gasteiger partial charge in [-0.05, 0) is 18.2 Å². The summed E-state index contributed by atoms with van der Waals surface area (Å²) < 4.78 is 26.4. The zero-order valence-corrected chi connectivity index (χ0v) is 14.3. The Morgan fingerprint density at radius 3 is 2.41 bits per heavy atom. The highest BCUT2D eigenvalue weighted by atomic mass is 19.2. The lowest BCUT2D eigenvalue weighted by molar-refractivity contribution is 0.509. The molecule has 8 nitrogen and oxygen atoms in total. The molecule has 0 bridgehead atoms. The van der Waals surface area contributed by atoms with Gasteiger partial charge < -0.3 is 15.1 Å². The van der Waals surface area contributed by atoms with Crippen molar-refractivity contribution in [2.24, 2.45) is 0 Å². The first-order chi connectivity index (χ1) is 13.2.